The third-order valence-electron chi connectivity index (χ3n) is 4.16. The first kappa shape index (κ1) is 16.0. The summed E-state index contributed by atoms with van der Waals surface area (Å²) in [5, 5.41) is 6.20. The number of carbonyl (C=O) groups is 1. The highest BCUT2D eigenvalue weighted by Gasteiger charge is 2.23. The van der Waals surface area contributed by atoms with Gasteiger partial charge in [-0.15, -0.1) is 0 Å². The third-order valence-corrected chi connectivity index (χ3v) is 4.16. The van der Waals surface area contributed by atoms with Gasteiger partial charge in [0.15, 0.2) is 0 Å². The van der Waals surface area contributed by atoms with Gasteiger partial charge in [-0.2, -0.15) is 0 Å². The molecule has 0 radical (unpaired) electrons. The summed E-state index contributed by atoms with van der Waals surface area (Å²) in [6, 6.07) is 8.50. The number of hydrogen-bond acceptors (Lipinski definition) is 3. The van der Waals surface area contributed by atoms with Crippen LogP contribution in [0, 0.1) is 6.92 Å². The fourth-order valence-electron chi connectivity index (χ4n) is 2.93. The Hall–Kier alpha value is -1.39. The van der Waals surface area contributed by atoms with Gasteiger partial charge in [0.2, 0.25) is 5.91 Å². The van der Waals surface area contributed by atoms with Gasteiger partial charge in [-0.3, -0.25) is 9.69 Å². The number of rotatable bonds is 6. The van der Waals surface area contributed by atoms with Gasteiger partial charge in [0.05, 0.1) is 6.54 Å². The highest BCUT2D eigenvalue weighted by Crippen LogP contribution is 2.19. The number of amides is 1. The van der Waals surface area contributed by atoms with Crippen LogP contribution < -0.4 is 10.6 Å². The van der Waals surface area contributed by atoms with E-state index >= 15 is 0 Å². The molecule has 2 rings (SSSR count). The smallest absolute Gasteiger partial charge is 0.238 e. The van der Waals surface area contributed by atoms with Crippen LogP contribution in [0.4, 0.5) is 5.69 Å². The van der Waals surface area contributed by atoms with Crippen molar-refractivity contribution in [1.29, 1.82) is 0 Å². The maximum Gasteiger partial charge on any atom is 0.238 e. The summed E-state index contributed by atoms with van der Waals surface area (Å²) in [6.45, 7) is 4.60. The van der Waals surface area contributed by atoms with Crippen molar-refractivity contribution < 1.29 is 4.79 Å². The average Bonchev–Trinajstić information content (AvgIpc) is 2.49. The maximum absolute atomic E-state index is 12.2. The Balaban J connectivity index is 1.86. The van der Waals surface area contributed by atoms with Crippen molar-refractivity contribution in [2.75, 3.05) is 32.0 Å². The van der Waals surface area contributed by atoms with E-state index in [1.54, 1.807) is 0 Å². The molecule has 1 fully saturated rings. The zero-order valence-corrected chi connectivity index (χ0v) is 13.2. The van der Waals surface area contributed by atoms with Crippen molar-refractivity contribution >= 4 is 11.6 Å². The van der Waals surface area contributed by atoms with E-state index in [4.69, 9.17) is 0 Å². The summed E-state index contributed by atoms with van der Waals surface area (Å²) >= 11 is 0. The Labute approximate surface area is 127 Å². The Morgan fingerprint density at radius 1 is 1.29 bits per heavy atom. The first-order chi connectivity index (χ1) is 10.2. The molecule has 1 amide bonds. The minimum Gasteiger partial charge on any atom is -0.325 e. The predicted octanol–water partition coefficient (Wildman–Crippen LogP) is 2.40. The SMILES string of the molecule is CNCCC1CCCCN1CC(=O)Nc1ccc(C)cc1. The summed E-state index contributed by atoms with van der Waals surface area (Å²) in [7, 11) is 1.98. The Morgan fingerprint density at radius 3 is 2.76 bits per heavy atom. The highest BCUT2D eigenvalue weighted by atomic mass is 16.2. The van der Waals surface area contributed by atoms with Gasteiger partial charge >= 0.3 is 0 Å². The summed E-state index contributed by atoms with van der Waals surface area (Å²) < 4.78 is 0. The monoisotopic (exact) mass is 289 g/mol. The molecule has 0 aromatic heterocycles. The summed E-state index contributed by atoms with van der Waals surface area (Å²) in [6.07, 6.45) is 4.81. The molecule has 4 nitrogen and oxygen atoms in total. The number of nitrogens with one attached hydrogen (secondary N) is 2. The molecule has 1 atom stereocenters. The second-order valence-corrected chi connectivity index (χ2v) is 5.93. The molecule has 1 aromatic rings. The number of aryl methyl sites for hydroxylation is 1. The lowest BCUT2D eigenvalue weighted by molar-refractivity contribution is -0.118. The van der Waals surface area contributed by atoms with Crippen molar-refractivity contribution in [3.8, 4) is 0 Å². The molecule has 0 saturated carbocycles. The second-order valence-electron chi connectivity index (χ2n) is 5.93. The quantitative estimate of drug-likeness (QED) is 0.845. The van der Waals surface area contributed by atoms with Crippen LogP contribution in [-0.4, -0.2) is 43.5 Å². The van der Waals surface area contributed by atoms with Gasteiger partial charge < -0.3 is 10.6 Å². The van der Waals surface area contributed by atoms with Crippen molar-refractivity contribution in [2.24, 2.45) is 0 Å². The molecule has 2 N–H and O–H groups in total. The average molecular weight is 289 g/mol. The number of nitrogens with zero attached hydrogens (tertiary/aromatic N) is 1. The van der Waals surface area contributed by atoms with Gasteiger partial charge in [0.1, 0.15) is 0 Å². The Bertz CT molecular complexity index is 444. The topological polar surface area (TPSA) is 44.4 Å². The van der Waals surface area contributed by atoms with Crippen LogP contribution >= 0.6 is 0 Å². The maximum atomic E-state index is 12.2. The number of likely N-dealkylation sites (tertiary alicyclic amines) is 1. The molecule has 1 saturated heterocycles. The molecule has 21 heavy (non-hydrogen) atoms. The second kappa shape index (κ2) is 8.15. The predicted molar refractivity (Wildman–Crippen MR) is 87.6 cm³/mol. The van der Waals surface area contributed by atoms with Crippen LogP contribution in [0.1, 0.15) is 31.2 Å². The van der Waals surface area contributed by atoms with Crippen molar-refractivity contribution in [3.05, 3.63) is 29.8 Å². The largest absolute Gasteiger partial charge is 0.325 e. The number of anilines is 1. The standard InChI is InChI=1S/C17H27N3O/c1-14-6-8-15(9-7-14)19-17(21)13-20-12-4-3-5-16(20)10-11-18-2/h6-9,16,18H,3-5,10-13H2,1-2H3,(H,19,21). The van der Waals surface area contributed by atoms with E-state index in [1.807, 2.05) is 38.2 Å². The Kier molecular flexibility index (Phi) is 6.21. The van der Waals surface area contributed by atoms with Crippen LogP contribution in [0.2, 0.25) is 0 Å². The first-order valence-electron chi connectivity index (χ1n) is 7.94. The van der Waals surface area contributed by atoms with E-state index in [9.17, 15) is 4.79 Å². The lowest BCUT2D eigenvalue weighted by Crippen LogP contribution is -2.44. The Morgan fingerprint density at radius 2 is 2.05 bits per heavy atom. The van der Waals surface area contributed by atoms with Gasteiger partial charge in [0, 0.05) is 11.7 Å². The molecule has 1 aliphatic rings. The van der Waals surface area contributed by atoms with Crippen LogP contribution in [0.25, 0.3) is 0 Å². The molecule has 0 bridgehead atoms. The summed E-state index contributed by atoms with van der Waals surface area (Å²) in [5.41, 5.74) is 2.09. The number of piperidine rings is 1. The van der Waals surface area contributed by atoms with E-state index in [-0.39, 0.29) is 5.91 Å². The molecule has 0 aliphatic carbocycles. The van der Waals surface area contributed by atoms with E-state index in [0.29, 0.717) is 12.6 Å². The minimum absolute atomic E-state index is 0.0928. The van der Waals surface area contributed by atoms with Gasteiger partial charge in [-0.25, -0.2) is 0 Å². The third kappa shape index (κ3) is 5.14. The molecule has 1 aliphatic heterocycles. The van der Waals surface area contributed by atoms with Crippen LogP contribution in [0.15, 0.2) is 24.3 Å². The highest BCUT2D eigenvalue weighted by molar-refractivity contribution is 5.92. The normalized spacial score (nSPS) is 19.4. The van der Waals surface area contributed by atoms with Crippen LogP contribution in [0.5, 0.6) is 0 Å². The summed E-state index contributed by atoms with van der Waals surface area (Å²) in [4.78, 5) is 14.6. The van der Waals surface area contributed by atoms with Gasteiger partial charge in [0.25, 0.3) is 0 Å². The fraction of sp³-hybridized carbons (Fsp3) is 0.588. The van der Waals surface area contributed by atoms with Crippen LogP contribution in [0.3, 0.4) is 0 Å². The number of benzene rings is 1. The van der Waals surface area contributed by atoms with E-state index in [1.165, 1.54) is 24.8 Å². The van der Waals surface area contributed by atoms with Gasteiger partial charge in [-0.1, -0.05) is 24.1 Å². The zero-order chi connectivity index (χ0) is 15.1. The molecule has 1 unspecified atom stereocenters. The van der Waals surface area contributed by atoms with E-state index in [0.717, 1.165) is 25.2 Å². The number of carbonyl (C=O) groups excluding carboxylic acids is 1. The number of hydrogen-bond donors (Lipinski definition) is 2. The van der Waals surface area contributed by atoms with Crippen molar-refractivity contribution in [1.82, 2.24) is 10.2 Å². The fourth-order valence-corrected chi connectivity index (χ4v) is 2.93. The molecule has 0 spiro atoms. The minimum atomic E-state index is 0.0928. The summed E-state index contributed by atoms with van der Waals surface area (Å²) in [5.74, 6) is 0.0928. The van der Waals surface area contributed by atoms with E-state index in [2.05, 4.69) is 15.5 Å². The van der Waals surface area contributed by atoms with Crippen molar-refractivity contribution in [3.63, 3.8) is 0 Å². The van der Waals surface area contributed by atoms with Crippen molar-refractivity contribution in [2.45, 2.75) is 38.6 Å². The first-order valence-corrected chi connectivity index (χ1v) is 7.94. The van der Waals surface area contributed by atoms with Gasteiger partial charge in [-0.05, 0) is 58.5 Å². The lowest BCUT2D eigenvalue weighted by Gasteiger charge is -2.35. The molecule has 116 valence electrons. The molecule has 4 heteroatoms. The van der Waals surface area contributed by atoms with Crippen LogP contribution in [-0.2, 0) is 4.79 Å². The lowest BCUT2D eigenvalue weighted by atomic mass is 9.99. The molecular weight excluding hydrogens is 262 g/mol. The molecular formula is C17H27N3O. The van der Waals surface area contributed by atoms with E-state index < -0.39 is 0 Å². The zero-order valence-electron chi connectivity index (χ0n) is 13.2. The molecule has 1 heterocycles. The molecule has 1 aromatic carbocycles.